The lowest BCUT2D eigenvalue weighted by atomic mass is 10.3. The molecule has 5 heteroatoms. The third-order valence-corrected chi connectivity index (χ3v) is 2.35. The van der Waals surface area contributed by atoms with Gasteiger partial charge in [-0.15, -0.1) is 0 Å². The van der Waals surface area contributed by atoms with Gasteiger partial charge in [-0.05, 0) is 13.8 Å². The van der Waals surface area contributed by atoms with Crippen LogP contribution in [0.4, 0.5) is 5.69 Å². The second-order valence-corrected chi connectivity index (χ2v) is 3.39. The lowest BCUT2D eigenvalue weighted by Crippen LogP contribution is -1.95. The Labute approximate surface area is 86.5 Å². The lowest BCUT2D eigenvalue weighted by Gasteiger charge is -1.99. The third-order valence-electron chi connectivity index (χ3n) is 2.35. The molecule has 0 N–H and O–H groups in total. The molecule has 0 aliphatic rings. The van der Waals surface area contributed by atoms with Crippen molar-refractivity contribution in [1.29, 1.82) is 0 Å². The molecule has 0 saturated carbocycles. The highest BCUT2D eigenvalue weighted by Gasteiger charge is 2.10. The fourth-order valence-electron chi connectivity index (χ4n) is 1.45. The van der Waals surface area contributed by atoms with E-state index in [1.165, 1.54) is 6.08 Å². The molecule has 5 nitrogen and oxygen atoms in total. The standard InChI is InChI=1S/C10H10N4O/c1-6-7(2)13-10-9(12-6)8(11-5-15)4-14(10)3/h4H,1-3H3. The second-order valence-electron chi connectivity index (χ2n) is 3.39. The van der Waals surface area contributed by atoms with E-state index in [0.717, 1.165) is 17.0 Å². The van der Waals surface area contributed by atoms with Gasteiger partial charge in [0.2, 0.25) is 6.08 Å². The fourth-order valence-corrected chi connectivity index (χ4v) is 1.45. The minimum Gasteiger partial charge on any atom is -0.332 e. The average molecular weight is 202 g/mol. The van der Waals surface area contributed by atoms with E-state index >= 15 is 0 Å². The first-order chi connectivity index (χ1) is 7.13. The Bertz CT molecular complexity index is 579. The van der Waals surface area contributed by atoms with Crippen molar-refractivity contribution >= 4 is 22.9 Å². The quantitative estimate of drug-likeness (QED) is 0.520. The Morgan fingerprint density at radius 3 is 2.67 bits per heavy atom. The van der Waals surface area contributed by atoms with Crippen molar-refractivity contribution in [3.63, 3.8) is 0 Å². The van der Waals surface area contributed by atoms with Crippen molar-refractivity contribution < 1.29 is 4.79 Å². The number of nitrogens with zero attached hydrogens (tertiary/aromatic N) is 4. The summed E-state index contributed by atoms with van der Waals surface area (Å²) in [6.07, 6.45) is 3.23. The van der Waals surface area contributed by atoms with Crippen LogP contribution in [0.1, 0.15) is 11.4 Å². The Kier molecular flexibility index (Phi) is 2.10. The summed E-state index contributed by atoms with van der Waals surface area (Å²) in [5, 5.41) is 0. The van der Waals surface area contributed by atoms with Crippen LogP contribution in [-0.2, 0) is 11.8 Å². The number of rotatable bonds is 1. The summed E-state index contributed by atoms with van der Waals surface area (Å²) < 4.78 is 1.80. The number of hydrogen-bond acceptors (Lipinski definition) is 4. The van der Waals surface area contributed by atoms with E-state index in [9.17, 15) is 4.79 Å². The lowest BCUT2D eigenvalue weighted by molar-refractivity contribution is 0.565. The number of aromatic nitrogens is 3. The normalized spacial score (nSPS) is 10.3. The van der Waals surface area contributed by atoms with Gasteiger partial charge in [0.05, 0.1) is 11.4 Å². The third kappa shape index (κ3) is 1.43. The molecular weight excluding hydrogens is 192 g/mol. The van der Waals surface area contributed by atoms with Crippen molar-refractivity contribution in [3.8, 4) is 0 Å². The minimum atomic E-state index is 0.512. The highest BCUT2D eigenvalue weighted by atomic mass is 16.1. The van der Waals surface area contributed by atoms with Gasteiger partial charge in [-0.3, -0.25) is 0 Å². The van der Waals surface area contributed by atoms with Gasteiger partial charge >= 0.3 is 0 Å². The van der Waals surface area contributed by atoms with E-state index in [-0.39, 0.29) is 0 Å². The SMILES string of the molecule is Cc1nc2c(N=C=O)cn(C)c2nc1C. The average Bonchev–Trinajstić information content (AvgIpc) is 2.46. The van der Waals surface area contributed by atoms with Crippen LogP contribution in [0.25, 0.3) is 11.2 Å². The van der Waals surface area contributed by atoms with Gasteiger partial charge in [-0.2, -0.15) is 4.99 Å². The molecule has 0 fully saturated rings. The van der Waals surface area contributed by atoms with Crippen LogP contribution in [-0.4, -0.2) is 20.6 Å². The molecular formula is C10H10N4O. The molecule has 15 heavy (non-hydrogen) atoms. The van der Waals surface area contributed by atoms with Gasteiger partial charge in [0.15, 0.2) is 5.65 Å². The maximum Gasteiger partial charge on any atom is 0.240 e. The summed E-state index contributed by atoms with van der Waals surface area (Å²) in [4.78, 5) is 22.6. The Hall–Kier alpha value is -2.00. The number of carbonyl (C=O) groups excluding carboxylic acids is 1. The van der Waals surface area contributed by atoms with Crippen LogP contribution >= 0.6 is 0 Å². The summed E-state index contributed by atoms with van der Waals surface area (Å²) in [5.41, 5.74) is 3.61. The van der Waals surface area contributed by atoms with E-state index in [2.05, 4.69) is 15.0 Å². The first-order valence-corrected chi connectivity index (χ1v) is 4.51. The molecule has 0 spiro atoms. The van der Waals surface area contributed by atoms with Crippen molar-refractivity contribution in [2.45, 2.75) is 13.8 Å². The van der Waals surface area contributed by atoms with Crippen LogP contribution in [0.15, 0.2) is 11.2 Å². The molecule has 0 amide bonds. The second kappa shape index (κ2) is 3.29. The molecule has 0 unspecified atom stereocenters. The van der Waals surface area contributed by atoms with E-state index in [1.807, 2.05) is 20.9 Å². The summed E-state index contributed by atoms with van der Waals surface area (Å²) in [7, 11) is 1.84. The Morgan fingerprint density at radius 1 is 1.33 bits per heavy atom. The molecule has 0 bridgehead atoms. The van der Waals surface area contributed by atoms with Crippen LogP contribution in [0, 0.1) is 13.8 Å². The predicted octanol–water partition coefficient (Wildman–Crippen LogP) is 1.55. The topological polar surface area (TPSA) is 60.1 Å². The van der Waals surface area contributed by atoms with E-state index in [4.69, 9.17) is 0 Å². The van der Waals surface area contributed by atoms with Crippen molar-refractivity contribution in [1.82, 2.24) is 14.5 Å². The van der Waals surface area contributed by atoms with E-state index in [1.54, 1.807) is 10.8 Å². The predicted molar refractivity (Wildman–Crippen MR) is 55.8 cm³/mol. The van der Waals surface area contributed by atoms with Gasteiger partial charge in [0, 0.05) is 13.2 Å². The molecule has 2 heterocycles. The zero-order valence-electron chi connectivity index (χ0n) is 8.77. The highest BCUT2D eigenvalue weighted by molar-refractivity contribution is 5.86. The number of fused-ring (bicyclic) bond motifs is 1. The van der Waals surface area contributed by atoms with Gasteiger partial charge in [0.1, 0.15) is 11.2 Å². The largest absolute Gasteiger partial charge is 0.332 e. The first-order valence-electron chi connectivity index (χ1n) is 4.51. The zero-order valence-corrected chi connectivity index (χ0v) is 8.77. The summed E-state index contributed by atoms with van der Waals surface area (Å²) in [6.45, 7) is 3.78. The number of hydrogen-bond donors (Lipinski definition) is 0. The van der Waals surface area contributed by atoms with Crippen LogP contribution in [0.5, 0.6) is 0 Å². The summed E-state index contributed by atoms with van der Waals surface area (Å²) >= 11 is 0. The number of aliphatic imine (C=N–C) groups is 1. The van der Waals surface area contributed by atoms with Gasteiger partial charge < -0.3 is 4.57 Å². The Morgan fingerprint density at radius 2 is 2.00 bits per heavy atom. The summed E-state index contributed by atoms with van der Waals surface area (Å²) in [6, 6.07) is 0. The van der Waals surface area contributed by atoms with Crippen LogP contribution in [0.3, 0.4) is 0 Å². The number of aryl methyl sites for hydroxylation is 3. The first kappa shape index (κ1) is 9.55. The molecule has 0 aliphatic heterocycles. The fraction of sp³-hybridized carbons (Fsp3) is 0.300. The summed E-state index contributed by atoms with van der Waals surface area (Å²) in [5.74, 6) is 0. The Balaban J connectivity index is 2.87. The molecule has 0 saturated heterocycles. The maximum atomic E-state index is 10.2. The van der Waals surface area contributed by atoms with Crippen molar-refractivity contribution in [2.24, 2.45) is 12.0 Å². The molecule has 2 aromatic heterocycles. The number of isocyanates is 1. The maximum absolute atomic E-state index is 10.2. The van der Waals surface area contributed by atoms with Crippen LogP contribution in [0.2, 0.25) is 0 Å². The molecule has 0 radical (unpaired) electrons. The zero-order chi connectivity index (χ0) is 11.0. The monoisotopic (exact) mass is 202 g/mol. The van der Waals surface area contributed by atoms with E-state index < -0.39 is 0 Å². The van der Waals surface area contributed by atoms with Gasteiger partial charge in [-0.25, -0.2) is 14.8 Å². The molecule has 2 rings (SSSR count). The van der Waals surface area contributed by atoms with Crippen LogP contribution < -0.4 is 0 Å². The molecule has 0 aliphatic carbocycles. The molecule has 76 valence electrons. The molecule has 0 atom stereocenters. The molecule has 0 aromatic carbocycles. The highest BCUT2D eigenvalue weighted by Crippen LogP contribution is 2.24. The smallest absolute Gasteiger partial charge is 0.240 e. The van der Waals surface area contributed by atoms with Crippen molar-refractivity contribution in [3.05, 3.63) is 17.6 Å². The minimum absolute atomic E-state index is 0.512. The van der Waals surface area contributed by atoms with Gasteiger partial charge in [-0.1, -0.05) is 0 Å². The molecule has 2 aromatic rings. The van der Waals surface area contributed by atoms with Crippen molar-refractivity contribution in [2.75, 3.05) is 0 Å². The van der Waals surface area contributed by atoms with Gasteiger partial charge in [0.25, 0.3) is 0 Å². The van der Waals surface area contributed by atoms with E-state index in [0.29, 0.717) is 11.2 Å².